The Bertz CT molecular complexity index is 483. The number of ether oxygens (including phenoxy) is 1. The van der Waals surface area contributed by atoms with Gasteiger partial charge in [-0.2, -0.15) is 0 Å². The third-order valence-electron chi connectivity index (χ3n) is 3.85. The Morgan fingerprint density at radius 3 is 2.55 bits per heavy atom. The van der Waals surface area contributed by atoms with Crippen molar-refractivity contribution in [2.75, 3.05) is 20.3 Å². The largest absolute Gasteiger partial charge is 0.496 e. The highest BCUT2D eigenvalue weighted by Crippen LogP contribution is 2.21. The summed E-state index contributed by atoms with van der Waals surface area (Å²) in [6, 6.07) is 7.43. The molecule has 0 aliphatic heterocycles. The van der Waals surface area contributed by atoms with Crippen LogP contribution in [-0.4, -0.2) is 42.3 Å². The maximum atomic E-state index is 12.5. The highest BCUT2D eigenvalue weighted by molar-refractivity contribution is 5.74. The minimum Gasteiger partial charge on any atom is -0.496 e. The van der Waals surface area contributed by atoms with Crippen LogP contribution in [0.2, 0.25) is 0 Å². The number of hydrogen-bond donors (Lipinski definition) is 2. The number of aliphatic hydroxyl groups excluding tert-OH is 1. The van der Waals surface area contributed by atoms with Gasteiger partial charge in [0.05, 0.1) is 20.3 Å². The van der Waals surface area contributed by atoms with Crippen LogP contribution >= 0.6 is 0 Å². The topological polar surface area (TPSA) is 61.8 Å². The molecule has 0 heterocycles. The number of nitrogens with one attached hydrogen (secondary N) is 1. The minimum absolute atomic E-state index is 0.0228. The molecular weight excluding hydrogens is 280 g/mol. The Morgan fingerprint density at radius 1 is 1.36 bits per heavy atom. The predicted octanol–water partition coefficient (Wildman–Crippen LogP) is 2.63. The van der Waals surface area contributed by atoms with E-state index < -0.39 is 0 Å². The van der Waals surface area contributed by atoms with Gasteiger partial charge in [-0.05, 0) is 18.4 Å². The van der Waals surface area contributed by atoms with Crippen LogP contribution in [0, 0.1) is 5.41 Å². The van der Waals surface area contributed by atoms with Gasteiger partial charge in [0.15, 0.2) is 0 Å². The van der Waals surface area contributed by atoms with E-state index in [1.807, 2.05) is 31.2 Å². The number of hydrogen-bond acceptors (Lipinski definition) is 3. The van der Waals surface area contributed by atoms with Gasteiger partial charge in [-0.3, -0.25) is 0 Å². The van der Waals surface area contributed by atoms with E-state index in [9.17, 15) is 9.90 Å². The molecule has 5 heteroatoms. The Kier molecular flexibility index (Phi) is 6.68. The Balaban J connectivity index is 2.82. The fourth-order valence-corrected chi connectivity index (χ4v) is 1.91. The smallest absolute Gasteiger partial charge is 0.318 e. The van der Waals surface area contributed by atoms with Crippen LogP contribution in [0.25, 0.3) is 0 Å². The lowest BCUT2D eigenvalue weighted by molar-refractivity contribution is 0.162. The molecule has 0 spiro atoms. The van der Waals surface area contributed by atoms with E-state index in [4.69, 9.17) is 4.74 Å². The van der Waals surface area contributed by atoms with Crippen LogP contribution in [0.1, 0.15) is 33.3 Å². The van der Waals surface area contributed by atoms with Crippen LogP contribution in [0.3, 0.4) is 0 Å². The lowest BCUT2D eigenvalue weighted by atomic mass is 9.88. The zero-order valence-corrected chi connectivity index (χ0v) is 14.2. The third kappa shape index (κ3) is 5.22. The molecule has 0 fully saturated rings. The summed E-state index contributed by atoms with van der Waals surface area (Å²) in [5, 5.41) is 12.2. The van der Waals surface area contributed by atoms with Gasteiger partial charge in [0.25, 0.3) is 0 Å². The van der Waals surface area contributed by atoms with Gasteiger partial charge in [0.2, 0.25) is 0 Å². The molecule has 0 bridgehead atoms. The van der Waals surface area contributed by atoms with E-state index in [-0.39, 0.29) is 30.6 Å². The second-order valence-electron chi connectivity index (χ2n) is 6.49. The van der Waals surface area contributed by atoms with Crippen molar-refractivity contribution >= 4 is 6.03 Å². The average molecular weight is 308 g/mol. The van der Waals surface area contributed by atoms with Gasteiger partial charge in [-0.15, -0.1) is 0 Å². The van der Waals surface area contributed by atoms with E-state index in [0.29, 0.717) is 6.54 Å². The standard InChI is InChI=1S/C17H28N2O3/c1-13(17(2,3)4)18-16(21)19(10-11-20)12-14-8-6-7-9-15(14)22-5/h6-9,13,20H,10-12H2,1-5H3,(H,18,21). The number of rotatable bonds is 6. The van der Waals surface area contributed by atoms with Crippen molar-refractivity contribution in [1.82, 2.24) is 10.2 Å². The normalized spacial score (nSPS) is 12.6. The quantitative estimate of drug-likeness (QED) is 0.849. The molecule has 2 amide bonds. The monoisotopic (exact) mass is 308 g/mol. The van der Waals surface area contributed by atoms with Crippen molar-refractivity contribution in [3.8, 4) is 5.75 Å². The van der Waals surface area contributed by atoms with E-state index in [1.54, 1.807) is 12.0 Å². The average Bonchev–Trinajstić information content (AvgIpc) is 2.46. The number of nitrogens with zero attached hydrogens (tertiary/aromatic N) is 1. The predicted molar refractivity (Wildman–Crippen MR) is 87.9 cm³/mol. The number of amides is 2. The summed E-state index contributed by atoms with van der Waals surface area (Å²) in [5.74, 6) is 0.738. The van der Waals surface area contributed by atoms with Crippen LogP contribution in [0.15, 0.2) is 24.3 Å². The molecular formula is C17H28N2O3. The van der Waals surface area contributed by atoms with Crippen LogP contribution in [-0.2, 0) is 6.54 Å². The van der Waals surface area contributed by atoms with Crippen molar-refractivity contribution in [2.45, 2.75) is 40.3 Å². The maximum Gasteiger partial charge on any atom is 0.318 e. The zero-order valence-electron chi connectivity index (χ0n) is 14.2. The molecule has 1 atom stereocenters. The second kappa shape index (κ2) is 8.03. The first kappa shape index (κ1) is 18.3. The second-order valence-corrected chi connectivity index (χ2v) is 6.49. The number of benzene rings is 1. The van der Waals surface area contributed by atoms with Gasteiger partial charge in [0, 0.05) is 18.2 Å². The molecule has 1 unspecified atom stereocenters. The molecule has 0 radical (unpaired) electrons. The Morgan fingerprint density at radius 2 is 2.00 bits per heavy atom. The molecule has 0 aliphatic rings. The summed E-state index contributed by atoms with van der Waals surface area (Å²) < 4.78 is 5.32. The van der Waals surface area contributed by atoms with Gasteiger partial charge in [-0.1, -0.05) is 39.0 Å². The zero-order chi connectivity index (χ0) is 16.8. The van der Waals surface area contributed by atoms with Crippen molar-refractivity contribution in [2.24, 2.45) is 5.41 Å². The highest BCUT2D eigenvalue weighted by atomic mass is 16.5. The fraction of sp³-hybridized carbons (Fsp3) is 0.588. The molecule has 124 valence electrons. The van der Waals surface area contributed by atoms with Crippen molar-refractivity contribution < 1.29 is 14.6 Å². The molecule has 1 aromatic carbocycles. The summed E-state index contributed by atoms with van der Waals surface area (Å²) in [7, 11) is 1.61. The van der Waals surface area contributed by atoms with Gasteiger partial charge < -0.3 is 20.1 Å². The molecule has 22 heavy (non-hydrogen) atoms. The third-order valence-corrected chi connectivity index (χ3v) is 3.85. The molecule has 0 aromatic heterocycles. The Hall–Kier alpha value is -1.75. The van der Waals surface area contributed by atoms with Crippen molar-refractivity contribution in [3.63, 3.8) is 0 Å². The first-order chi connectivity index (χ1) is 10.3. The molecule has 0 saturated heterocycles. The minimum atomic E-state index is -0.178. The van der Waals surface area contributed by atoms with Gasteiger partial charge >= 0.3 is 6.03 Å². The lowest BCUT2D eigenvalue weighted by Gasteiger charge is -2.31. The fourth-order valence-electron chi connectivity index (χ4n) is 1.91. The summed E-state index contributed by atoms with van der Waals surface area (Å²) in [4.78, 5) is 14.1. The number of urea groups is 1. The molecule has 5 nitrogen and oxygen atoms in total. The first-order valence-corrected chi connectivity index (χ1v) is 7.57. The van der Waals surface area contributed by atoms with E-state index in [1.165, 1.54) is 0 Å². The lowest BCUT2D eigenvalue weighted by Crippen LogP contribution is -2.48. The number of methoxy groups -OCH3 is 1. The first-order valence-electron chi connectivity index (χ1n) is 7.57. The molecule has 2 N–H and O–H groups in total. The van der Waals surface area contributed by atoms with Gasteiger partial charge in [-0.25, -0.2) is 4.79 Å². The SMILES string of the molecule is COc1ccccc1CN(CCO)C(=O)NC(C)C(C)(C)C. The summed E-state index contributed by atoms with van der Waals surface area (Å²) >= 11 is 0. The highest BCUT2D eigenvalue weighted by Gasteiger charge is 2.24. The van der Waals surface area contributed by atoms with Crippen LogP contribution in [0.5, 0.6) is 5.75 Å². The molecule has 0 saturated carbocycles. The molecule has 0 aliphatic carbocycles. The number of carbonyl (C=O) groups excluding carboxylic acids is 1. The van der Waals surface area contributed by atoms with Gasteiger partial charge in [0.1, 0.15) is 5.75 Å². The summed E-state index contributed by atoms with van der Waals surface area (Å²) in [6.07, 6.45) is 0. The van der Waals surface area contributed by atoms with Crippen molar-refractivity contribution in [3.05, 3.63) is 29.8 Å². The number of aliphatic hydroxyl groups is 1. The summed E-state index contributed by atoms with van der Waals surface area (Å²) in [6.45, 7) is 8.82. The van der Waals surface area contributed by atoms with Crippen LogP contribution in [0.4, 0.5) is 4.79 Å². The Labute approximate surface area is 133 Å². The summed E-state index contributed by atoms with van der Waals surface area (Å²) in [5.41, 5.74) is 0.891. The number of para-hydroxylation sites is 1. The van der Waals surface area contributed by atoms with E-state index in [2.05, 4.69) is 26.1 Å². The van der Waals surface area contributed by atoms with E-state index >= 15 is 0 Å². The molecule has 1 rings (SSSR count). The molecule has 1 aromatic rings. The number of carbonyl (C=O) groups is 1. The van der Waals surface area contributed by atoms with E-state index in [0.717, 1.165) is 11.3 Å². The van der Waals surface area contributed by atoms with Crippen molar-refractivity contribution in [1.29, 1.82) is 0 Å². The van der Waals surface area contributed by atoms with Crippen LogP contribution < -0.4 is 10.1 Å². The maximum absolute atomic E-state index is 12.5.